The lowest BCUT2D eigenvalue weighted by atomic mass is 10.2. The van der Waals surface area contributed by atoms with Gasteiger partial charge in [0.15, 0.2) is 11.5 Å². The molecule has 0 aliphatic heterocycles. The van der Waals surface area contributed by atoms with Crippen LogP contribution in [0.3, 0.4) is 0 Å². The molecule has 0 amide bonds. The molecule has 1 N–H and O–H groups in total. The van der Waals surface area contributed by atoms with E-state index >= 15 is 0 Å². The van der Waals surface area contributed by atoms with E-state index in [0.29, 0.717) is 32.7 Å². The molecule has 110 valence electrons. The number of methoxy groups -OCH3 is 1. The van der Waals surface area contributed by atoms with Crippen LogP contribution in [0.15, 0.2) is 41.6 Å². The summed E-state index contributed by atoms with van der Waals surface area (Å²) in [4.78, 5) is 0. The Balaban J connectivity index is 2.20. The van der Waals surface area contributed by atoms with E-state index in [-0.39, 0.29) is 6.61 Å². The molecule has 2 aromatic rings. The normalized spacial score (nSPS) is 10.8. The standard InChI is InChI=1S/C15H13Cl2NO3/c1-20-15-7-10(8-18-19)5-6-14(15)21-9-11-12(16)3-2-4-13(11)17/h2-8,19H,9H2,1H3. The molecule has 0 aliphatic carbocycles. The summed E-state index contributed by atoms with van der Waals surface area (Å²) in [7, 11) is 1.53. The molecule has 0 radical (unpaired) electrons. The second kappa shape index (κ2) is 7.20. The number of hydrogen-bond acceptors (Lipinski definition) is 4. The van der Waals surface area contributed by atoms with Crippen LogP contribution in [0.25, 0.3) is 0 Å². The van der Waals surface area contributed by atoms with E-state index in [1.54, 1.807) is 36.4 Å². The van der Waals surface area contributed by atoms with Gasteiger partial charge in [-0.2, -0.15) is 0 Å². The van der Waals surface area contributed by atoms with Gasteiger partial charge >= 0.3 is 0 Å². The highest BCUT2D eigenvalue weighted by atomic mass is 35.5. The minimum Gasteiger partial charge on any atom is -0.493 e. The van der Waals surface area contributed by atoms with Crippen molar-refractivity contribution in [1.82, 2.24) is 0 Å². The minimum absolute atomic E-state index is 0.225. The van der Waals surface area contributed by atoms with Crippen molar-refractivity contribution in [3.63, 3.8) is 0 Å². The molecule has 0 spiro atoms. The van der Waals surface area contributed by atoms with E-state index < -0.39 is 0 Å². The van der Waals surface area contributed by atoms with Crippen molar-refractivity contribution in [3.8, 4) is 11.5 Å². The topological polar surface area (TPSA) is 51.0 Å². The van der Waals surface area contributed by atoms with Crippen LogP contribution >= 0.6 is 23.2 Å². The Morgan fingerprint density at radius 3 is 2.48 bits per heavy atom. The molecule has 0 saturated carbocycles. The largest absolute Gasteiger partial charge is 0.493 e. The third kappa shape index (κ3) is 3.80. The lowest BCUT2D eigenvalue weighted by Gasteiger charge is -2.12. The molecular weight excluding hydrogens is 313 g/mol. The first-order chi connectivity index (χ1) is 10.2. The van der Waals surface area contributed by atoms with Crippen LogP contribution in [0.4, 0.5) is 0 Å². The summed E-state index contributed by atoms with van der Waals surface area (Å²) in [5, 5.41) is 12.6. The quantitative estimate of drug-likeness (QED) is 0.504. The van der Waals surface area contributed by atoms with Crippen molar-refractivity contribution in [2.75, 3.05) is 7.11 Å². The van der Waals surface area contributed by atoms with Gasteiger partial charge in [-0.05, 0) is 30.3 Å². The average molecular weight is 326 g/mol. The molecule has 0 heterocycles. The van der Waals surface area contributed by atoms with Gasteiger partial charge in [0.05, 0.1) is 13.3 Å². The zero-order valence-electron chi connectivity index (χ0n) is 11.2. The summed E-state index contributed by atoms with van der Waals surface area (Å²) in [5.41, 5.74) is 1.40. The summed E-state index contributed by atoms with van der Waals surface area (Å²) in [6.07, 6.45) is 1.30. The van der Waals surface area contributed by atoms with Gasteiger partial charge in [-0.15, -0.1) is 0 Å². The lowest BCUT2D eigenvalue weighted by Crippen LogP contribution is -2.00. The highest BCUT2D eigenvalue weighted by Gasteiger charge is 2.09. The summed E-state index contributed by atoms with van der Waals surface area (Å²) in [6, 6.07) is 10.4. The minimum atomic E-state index is 0.225. The van der Waals surface area contributed by atoms with Crippen molar-refractivity contribution in [1.29, 1.82) is 0 Å². The number of nitrogens with zero attached hydrogens (tertiary/aromatic N) is 1. The van der Waals surface area contributed by atoms with Gasteiger partial charge in [0.1, 0.15) is 6.61 Å². The zero-order valence-corrected chi connectivity index (χ0v) is 12.7. The molecule has 2 rings (SSSR count). The van der Waals surface area contributed by atoms with Crippen LogP contribution in [-0.4, -0.2) is 18.5 Å². The van der Waals surface area contributed by atoms with Gasteiger partial charge in [0.25, 0.3) is 0 Å². The van der Waals surface area contributed by atoms with Gasteiger partial charge in [-0.3, -0.25) is 0 Å². The highest BCUT2D eigenvalue weighted by Crippen LogP contribution is 2.31. The van der Waals surface area contributed by atoms with Gasteiger partial charge in [0, 0.05) is 21.2 Å². The molecule has 0 aliphatic rings. The number of ether oxygens (including phenoxy) is 2. The summed E-state index contributed by atoms with van der Waals surface area (Å²) < 4.78 is 11.0. The Morgan fingerprint density at radius 1 is 1.14 bits per heavy atom. The number of benzene rings is 2. The van der Waals surface area contributed by atoms with E-state index in [1.807, 2.05) is 0 Å². The summed E-state index contributed by atoms with van der Waals surface area (Å²) >= 11 is 12.2. The Morgan fingerprint density at radius 2 is 1.86 bits per heavy atom. The predicted molar refractivity (Wildman–Crippen MR) is 83.2 cm³/mol. The SMILES string of the molecule is COc1cc(C=NO)ccc1OCc1c(Cl)cccc1Cl. The Bertz CT molecular complexity index is 639. The second-order valence-corrected chi connectivity index (χ2v) is 4.96. The molecule has 6 heteroatoms. The number of oxime groups is 1. The maximum atomic E-state index is 8.53. The van der Waals surface area contributed by atoms with Crippen LogP contribution < -0.4 is 9.47 Å². The van der Waals surface area contributed by atoms with Gasteiger partial charge < -0.3 is 14.7 Å². The number of halogens is 2. The van der Waals surface area contributed by atoms with Crippen LogP contribution in [0.2, 0.25) is 10.0 Å². The lowest BCUT2D eigenvalue weighted by molar-refractivity contribution is 0.284. The van der Waals surface area contributed by atoms with E-state index in [9.17, 15) is 0 Å². The first-order valence-corrected chi connectivity index (χ1v) is 6.82. The van der Waals surface area contributed by atoms with Crippen molar-refractivity contribution < 1.29 is 14.7 Å². The van der Waals surface area contributed by atoms with Crippen LogP contribution in [0, 0.1) is 0 Å². The number of rotatable bonds is 5. The van der Waals surface area contributed by atoms with Gasteiger partial charge in [-0.25, -0.2) is 0 Å². The fraction of sp³-hybridized carbons (Fsp3) is 0.133. The first-order valence-electron chi connectivity index (χ1n) is 6.07. The van der Waals surface area contributed by atoms with Gasteiger partial charge in [0.2, 0.25) is 0 Å². The predicted octanol–water partition coefficient (Wildman–Crippen LogP) is 4.39. The molecule has 0 fully saturated rings. The van der Waals surface area contributed by atoms with Crippen molar-refractivity contribution in [3.05, 3.63) is 57.6 Å². The second-order valence-electron chi connectivity index (χ2n) is 4.14. The molecule has 0 unspecified atom stereocenters. The maximum Gasteiger partial charge on any atom is 0.161 e. The summed E-state index contributed by atoms with van der Waals surface area (Å²) in [6.45, 7) is 0.225. The molecule has 0 saturated heterocycles. The molecule has 0 aromatic heterocycles. The molecular formula is C15H13Cl2NO3. The Labute approximate surface area is 132 Å². The first kappa shape index (κ1) is 15.5. The molecule has 4 nitrogen and oxygen atoms in total. The third-order valence-electron chi connectivity index (χ3n) is 2.83. The maximum absolute atomic E-state index is 8.53. The molecule has 21 heavy (non-hydrogen) atoms. The molecule has 0 bridgehead atoms. The van der Waals surface area contributed by atoms with Crippen LogP contribution in [-0.2, 0) is 6.61 Å². The van der Waals surface area contributed by atoms with E-state index in [4.69, 9.17) is 37.9 Å². The van der Waals surface area contributed by atoms with Crippen LogP contribution in [0.5, 0.6) is 11.5 Å². The van der Waals surface area contributed by atoms with Crippen molar-refractivity contribution in [2.45, 2.75) is 6.61 Å². The monoisotopic (exact) mass is 325 g/mol. The molecule has 2 aromatic carbocycles. The van der Waals surface area contributed by atoms with Crippen molar-refractivity contribution >= 4 is 29.4 Å². The van der Waals surface area contributed by atoms with E-state index in [0.717, 1.165) is 0 Å². The van der Waals surface area contributed by atoms with E-state index in [1.165, 1.54) is 13.3 Å². The highest BCUT2D eigenvalue weighted by molar-refractivity contribution is 6.35. The Kier molecular flexibility index (Phi) is 5.31. The summed E-state index contributed by atoms with van der Waals surface area (Å²) in [5.74, 6) is 1.07. The fourth-order valence-electron chi connectivity index (χ4n) is 1.77. The van der Waals surface area contributed by atoms with Crippen LogP contribution in [0.1, 0.15) is 11.1 Å². The third-order valence-corrected chi connectivity index (χ3v) is 3.54. The smallest absolute Gasteiger partial charge is 0.161 e. The fourth-order valence-corrected chi connectivity index (χ4v) is 2.28. The Hall–Kier alpha value is -1.91. The number of hydrogen-bond donors (Lipinski definition) is 1. The zero-order chi connectivity index (χ0) is 15.2. The van der Waals surface area contributed by atoms with Crippen molar-refractivity contribution in [2.24, 2.45) is 5.16 Å². The average Bonchev–Trinajstić information content (AvgIpc) is 2.48. The molecule has 0 atom stereocenters. The van der Waals surface area contributed by atoms with Gasteiger partial charge in [-0.1, -0.05) is 34.4 Å². The van der Waals surface area contributed by atoms with E-state index in [2.05, 4.69) is 5.16 Å².